The van der Waals surface area contributed by atoms with Gasteiger partial charge in [-0.05, 0) is 44.6 Å². The summed E-state index contributed by atoms with van der Waals surface area (Å²) in [6.07, 6.45) is 6.58. The molecule has 4 nitrogen and oxygen atoms in total. The number of hydrogen-bond acceptors (Lipinski definition) is 3. The first-order valence-corrected chi connectivity index (χ1v) is 8.16. The van der Waals surface area contributed by atoms with E-state index in [1.807, 2.05) is 0 Å². The molecule has 5 heteroatoms. The maximum absolute atomic E-state index is 12.5. The molecule has 0 bridgehead atoms. The third-order valence-electron chi connectivity index (χ3n) is 6.00. The first kappa shape index (κ1) is 18.7. The van der Waals surface area contributed by atoms with Gasteiger partial charge in [0.2, 0.25) is 5.91 Å². The molecular weight excluding hydrogens is 288 g/mol. The lowest BCUT2D eigenvalue weighted by Crippen LogP contribution is -2.64. The summed E-state index contributed by atoms with van der Waals surface area (Å²) in [4.78, 5) is 12.5. The number of ether oxygens (including phenoxy) is 1. The van der Waals surface area contributed by atoms with Gasteiger partial charge in [0.1, 0.15) is 0 Å². The molecule has 2 fully saturated rings. The Balaban J connectivity index is 0.00000220. The molecule has 2 rings (SSSR count). The summed E-state index contributed by atoms with van der Waals surface area (Å²) in [7, 11) is 1.78. The second-order valence-corrected chi connectivity index (χ2v) is 6.49. The van der Waals surface area contributed by atoms with E-state index >= 15 is 0 Å². The summed E-state index contributed by atoms with van der Waals surface area (Å²) in [6.45, 7) is 5.04. The lowest BCUT2D eigenvalue weighted by Gasteiger charge is -2.55. The van der Waals surface area contributed by atoms with Crippen LogP contribution in [0.15, 0.2) is 0 Å². The van der Waals surface area contributed by atoms with Gasteiger partial charge in [0, 0.05) is 24.5 Å². The van der Waals surface area contributed by atoms with Crippen molar-refractivity contribution in [1.82, 2.24) is 5.32 Å². The van der Waals surface area contributed by atoms with Crippen LogP contribution >= 0.6 is 12.4 Å². The van der Waals surface area contributed by atoms with E-state index < -0.39 is 0 Å². The molecule has 0 saturated heterocycles. The van der Waals surface area contributed by atoms with Gasteiger partial charge in [0.25, 0.3) is 0 Å². The topological polar surface area (TPSA) is 64.4 Å². The van der Waals surface area contributed by atoms with E-state index in [-0.39, 0.29) is 41.8 Å². The van der Waals surface area contributed by atoms with Crippen LogP contribution in [0.5, 0.6) is 0 Å². The number of nitrogens with one attached hydrogen (secondary N) is 1. The molecule has 0 aromatic heterocycles. The van der Waals surface area contributed by atoms with E-state index in [0.717, 1.165) is 38.5 Å². The average Bonchev–Trinajstić information content (AvgIpc) is 2.92. The SMILES string of the molecule is CCC1(CC)C(NC(=O)[C@@H]2CCC[C@@H]2CN)CC1OC.Cl. The van der Waals surface area contributed by atoms with Gasteiger partial charge in [-0.15, -0.1) is 12.4 Å². The maximum atomic E-state index is 12.5. The smallest absolute Gasteiger partial charge is 0.223 e. The molecule has 124 valence electrons. The minimum Gasteiger partial charge on any atom is -0.381 e. The highest BCUT2D eigenvalue weighted by atomic mass is 35.5. The van der Waals surface area contributed by atoms with E-state index in [4.69, 9.17) is 10.5 Å². The van der Waals surface area contributed by atoms with Gasteiger partial charge in [0.05, 0.1) is 6.10 Å². The van der Waals surface area contributed by atoms with E-state index in [2.05, 4.69) is 19.2 Å². The van der Waals surface area contributed by atoms with Gasteiger partial charge in [0.15, 0.2) is 0 Å². The van der Waals surface area contributed by atoms with Crippen molar-refractivity contribution in [2.45, 2.75) is 64.5 Å². The molecule has 0 heterocycles. The van der Waals surface area contributed by atoms with Crippen LogP contribution in [0.2, 0.25) is 0 Å². The molecule has 2 saturated carbocycles. The Kier molecular flexibility index (Phi) is 6.95. The quantitative estimate of drug-likeness (QED) is 0.791. The predicted molar refractivity (Wildman–Crippen MR) is 87.5 cm³/mol. The second-order valence-electron chi connectivity index (χ2n) is 6.49. The van der Waals surface area contributed by atoms with Crippen molar-refractivity contribution in [1.29, 1.82) is 0 Å². The number of carbonyl (C=O) groups is 1. The minimum atomic E-state index is 0. The van der Waals surface area contributed by atoms with E-state index in [0.29, 0.717) is 12.5 Å². The van der Waals surface area contributed by atoms with Crippen molar-refractivity contribution in [3.8, 4) is 0 Å². The number of halogens is 1. The Hall–Kier alpha value is -0.320. The van der Waals surface area contributed by atoms with Crippen LogP contribution in [0.4, 0.5) is 0 Å². The number of nitrogens with two attached hydrogens (primary N) is 1. The molecule has 21 heavy (non-hydrogen) atoms. The predicted octanol–water partition coefficient (Wildman–Crippen LogP) is 2.49. The number of amides is 1. The normalized spacial score (nSPS) is 33.9. The molecule has 2 unspecified atom stereocenters. The molecule has 2 aliphatic rings. The van der Waals surface area contributed by atoms with Crippen molar-refractivity contribution in [3.63, 3.8) is 0 Å². The Bertz CT molecular complexity index is 347. The summed E-state index contributed by atoms with van der Waals surface area (Å²) in [5.41, 5.74) is 5.91. The zero-order chi connectivity index (χ0) is 14.8. The van der Waals surface area contributed by atoms with Crippen LogP contribution in [0.25, 0.3) is 0 Å². The van der Waals surface area contributed by atoms with E-state index in [1.54, 1.807) is 7.11 Å². The molecule has 0 aromatic carbocycles. The van der Waals surface area contributed by atoms with Crippen molar-refractivity contribution in [3.05, 3.63) is 0 Å². The fourth-order valence-electron chi connectivity index (χ4n) is 4.42. The molecule has 0 aliphatic heterocycles. The zero-order valence-corrected chi connectivity index (χ0v) is 14.4. The van der Waals surface area contributed by atoms with Crippen molar-refractivity contribution < 1.29 is 9.53 Å². The highest BCUT2D eigenvalue weighted by Crippen LogP contribution is 2.49. The Morgan fingerprint density at radius 1 is 1.33 bits per heavy atom. The number of methoxy groups -OCH3 is 1. The summed E-state index contributed by atoms with van der Waals surface area (Å²) in [5.74, 6) is 0.739. The third kappa shape index (κ3) is 3.22. The first-order valence-electron chi connectivity index (χ1n) is 8.16. The summed E-state index contributed by atoms with van der Waals surface area (Å²) in [5, 5.41) is 3.31. The lowest BCUT2D eigenvalue weighted by atomic mass is 9.58. The monoisotopic (exact) mass is 318 g/mol. The van der Waals surface area contributed by atoms with Crippen molar-refractivity contribution >= 4 is 18.3 Å². The molecule has 3 N–H and O–H groups in total. The highest BCUT2D eigenvalue weighted by molar-refractivity contribution is 5.85. The van der Waals surface area contributed by atoms with Gasteiger partial charge in [-0.25, -0.2) is 0 Å². The number of hydrogen-bond donors (Lipinski definition) is 2. The van der Waals surface area contributed by atoms with Gasteiger partial charge in [-0.1, -0.05) is 20.3 Å². The molecular formula is C16H31ClN2O2. The standard InChI is InChI=1S/C16H30N2O2.ClH/c1-4-16(5-2)13(9-14(16)20-3)18-15(19)12-8-6-7-11(12)10-17;/h11-14H,4-10,17H2,1-3H3,(H,18,19);1H/t11-,12-,13?,14?;/m1./s1. The van der Waals surface area contributed by atoms with Gasteiger partial charge >= 0.3 is 0 Å². The van der Waals surface area contributed by atoms with Crippen LogP contribution < -0.4 is 11.1 Å². The van der Waals surface area contributed by atoms with Crippen LogP contribution in [-0.4, -0.2) is 31.7 Å². The van der Waals surface area contributed by atoms with Crippen molar-refractivity contribution in [2.24, 2.45) is 23.0 Å². The second kappa shape index (κ2) is 7.80. The van der Waals surface area contributed by atoms with Crippen molar-refractivity contribution in [2.75, 3.05) is 13.7 Å². The van der Waals surface area contributed by atoms with Gasteiger partial charge in [-0.2, -0.15) is 0 Å². The van der Waals surface area contributed by atoms with Gasteiger partial charge in [-0.3, -0.25) is 4.79 Å². The molecule has 0 radical (unpaired) electrons. The first-order chi connectivity index (χ1) is 9.62. The van der Waals surface area contributed by atoms with Crippen LogP contribution in [0.3, 0.4) is 0 Å². The highest BCUT2D eigenvalue weighted by Gasteiger charge is 2.54. The van der Waals surface area contributed by atoms with Crippen LogP contribution in [-0.2, 0) is 9.53 Å². The van der Waals surface area contributed by atoms with Crippen LogP contribution in [0.1, 0.15) is 52.4 Å². The largest absolute Gasteiger partial charge is 0.381 e. The van der Waals surface area contributed by atoms with Crippen LogP contribution in [0, 0.1) is 17.3 Å². The number of carbonyl (C=O) groups excluding carboxylic acids is 1. The summed E-state index contributed by atoms with van der Waals surface area (Å²) >= 11 is 0. The number of rotatable bonds is 6. The van der Waals surface area contributed by atoms with E-state index in [9.17, 15) is 4.79 Å². The molecule has 1 amide bonds. The average molecular weight is 319 g/mol. The third-order valence-corrected chi connectivity index (χ3v) is 6.00. The Morgan fingerprint density at radius 3 is 2.52 bits per heavy atom. The zero-order valence-electron chi connectivity index (χ0n) is 13.6. The fourth-order valence-corrected chi connectivity index (χ4v) is 4.42. The fraction of sp³-hybridized carbons (Fsp3) is 0.938. The Morgan fingerprint density at radius 2 is 2.00 bits per heavy atom. The molecule has 4 atom stereocenters. The lowest BCUT2D eigenvalue weighted by molar-refractivity contribution is -0.144. The maximum Gasteiger partial charge on any atom is 0.223 e. The minimum absolute atomic E-state index is 0. The van der Waals surface area contributed by atoms with Gasteiger partial charge < -0.3 is 15.8 Å². The summed E-state index contributed by atoms with van der Waals surface area (Å²) < 4.78 is 5.59. The van der Waals surface area contributed by atoms with E-state index in [1.165, 1.54) is 0 Å². The molecule has 2 aliphatic carbocycles. The molecule has 0 spiro atoms. The summed E-state index contributed by atoms with van der Waals surface area (Å²) in [6, 6.07) is 0.272. The molecule has 0 aromatic rings. The Labute approximate surface area is 135 Å².